The van der Waals surface area contributed by atoms with E-state index in [4.69, 9.17) is 0 Å². The summed E-state index contributed by atoms with van der Waals surface area (Å²) in [7, 11) is 0. The number of pyridine rings is 1. The van der Waals surface area contributed by atoms with Crippen molar-refractivity contribution < 1.29 is 9.59 Å². The number of benzene rings is 1. The van der Waals surface area contributed by atoms with E-state index in [1.54, 1.807) is 24.4 Å². The zero-order chi connectivity index (χ0) is 15.1. The van der Waals surface area contributed by atoms with Crippen molar-refractivity contribution in [3.05, 3.63) is 71.7 Å². The van der Waals surface area contributed by atoms with Crippen LogP contribution >= 0.6 is 0 Å². The number of carbonyl (C=O) groups excluding carboxylic acids is 2. The molecule has 0 atom stereocenters. The normalized spacial score (nSPS) is 11.0. The van der Waals surface area contributed by atoms with Crippen LogP contribution in [0.25, 0.3) is 6.08 Å². The van der Waals surface area contributed by atoms with Crippen LogP contribution in [0.1, 0.15) is 18.2 Å². The maximum absolute atomic E-state index is 11.8. The first-order chi connectivity index (χ1) is 10.2. The Morgan fingerprint density at radius 3 is 2.48 bits per heavy atom. The molecule has 0 spiro atoms. The van der Waals surface area contributed by atoms with Gasteiger partial charge in [-0.25, -0.2) is 0 Å². The third-order valence-electron chi connectivity index (χ3n) is 2.92. The number of hydrogen-bond acceptors (Lipinski definition) is 3. The Balaban J connectivity index is 2.29. The molecule has 2 aromatic rings. The molecule has 1 aromatic heterocycles. The third kappa shape index (κ3) is 4.11. The molecule has 4 nitrogen and oxygen atoms in total. The van der Waals surface area contributed by atoms with Crippen LogP contribution in [0, 0.1) is 0 Å². The molecule has 0 aliphatic heterocycles. The Kier molecular flexibility index (Phi) is 4.99. The zero-order valence-electron chi connectivity index (χ0n) is 11.7. The first kappa shape index (κ1) is 14.7. The monoisotopic (exact) mass is 279 g/mol. The SMILES string of the molecule is CC(=O)N(Cc1ccccn1)C([C]=O)=Cc1ccccc1. The molecule has 1 amide bonds. The van der Waals surface area contributed by atoms with E-state index in [1.165, 1.54) is 11.8 Å². The van der Waals surface area contributed by atoms with Gasteiger partial charge in [0.15, 0.2) is 0 Å². The number of allylic oxidation sites excluding steroid dienone is 1. The molecule has 1 heterocycles. The van der Waals surface area contributed by atoms with Crippen LogP contribution in [0.15, 0.2) is 60.4 Å². The number of amides is 1. The maximum Gasteiger partial charge on any atom is 0.251 e. The number of hydrogen-bond donors (Lipinski definition) is 0. The Morgan fingerprint density at radius 2 is 1.90 bits per heavy atom. The lowest BCUT2D eigenvalue weighted by Crippen LogP contribution is -2.28. The van der Waals surface area contributed by atoms with Crippen LogP contribution in [0.2, 0.25) is 0 Å². The second-order valence-corrected chi connectivity index (χ2v) is 4.47. The molecular formula is C17H15N2O2. The van der Waals surface area contributed by atoms with E-state index in [-0.39, 0.29) is 18.1 Å². The second-order valence-electron chi connectivity index (χ2n) is 4.47. The summed E-state index contributed by atoms with van der Waals surface area (Å²) in [6.45, 7) is 1.66. The van der Waals surface area contributed by atoms with Gasteiger partial charge < -0.3 is 4.90 Å². The Bertz CT molecular complexity index is 636. The van der Waals surface area contributed by atoms with Crippen molar-refractivity contribution in [3.63, 3.8) is 0 Å². The van der Waals surface area contributed by atoms with Crippen molar-refractivity contribution in [2.24, 2.45) is 0 Å². The molecule has 0 N–H and O–H groups in total. The van der Waals surface area contributed by atoms with E-state index in [0.29, 0.717) is 5.69 Å². The summed E-state index contributed by atoms with van der Waals surface area (Å²) in [4.78, 5) is 28.6. The molecule has 21 heavy (non-hydrogen) atoms. The molecular weight excluding hydrogens is 264 g/mol. The van der Waals surface area contributed by atoms with Crippen LogP contribution < -0.4 is 0 Å². The lowest BCUT2D eigenvalue weighted by molar-refractivity contribution is -0.127. The molecule has 2 rings (SSSR count). The number of rotatable bonds is 5. The van der Waals surface area contributed by atoms with Crippen LogP contribution in [0.4, 0.5) is 0 Å². The van der Waals surface area contributed by atoms with Gasteiger partial charge in [0.05, 0.1) is 17.9 Å². The molecule has 0 saturated heterocycles. The smallest absolute Gasteiger partial charge is 0.251 e. The molecule has 0 saturated carbocycles. The van der Waals surface area contributed by atoms with Crippen molar-refractivity contribution in [3.8, 4) is 0 Å². The summed E-state index contributed by atoms with van der Waals surface area (Å²) >= 11 is 0. The molecule has 105 valence electrons. The molecule has 1 radical (unpaired) electrons. The Hall–Kier alpha value is -2.75. The molecule has 0 fully saturated rings. The zero-order valence-corrected chi connectivity index (χ0v) is 11.7. The van der Waals surface area contributed by atoms with Crippen LogP contribution in [-0.4, -0.2) is 22.1 Å². The van der Waals surface area contributed by atoms with Gasteiger partial charge in [-0.2, -0.15) is 0 Å². The van der Waals surface area contributed by atoms with Crippen LogP contribution in [0.5, 0.6) is 0 Å². The van der Waals surface area contributed by atoms with Gasteiger partial charge in [0.2, 0.25) is 5.91 Å². The van der Waals surface area contributed by atoms with E-state index < -0.39 is 0 Å². The largest absolute Gasteiger partial charge is 0.303 e. The van der Waals surface area contributed by atoms with E-state index in [9.17, 15) is 9.59 Å². The van der Waals surface area contributed by atoms with Crippen LogP contribution in [-0.2, 0) is 16.1 Å². The Labute approximate surface area is 123 Å². The summed E-state index contributed by atoms with van der Waals surface area (Å²) in [5.41, 5.74) is 1.74. The minimum Gasteiger partial charge on any atom is -0.303 e. The summed E-state index contributed by atoms with van der Waals surface area (Å²) in [5.74, 6) is -0.230. The van der Waals surface area contributed by atoms with Gasteiger partial charge in [0.25, 0.3) is 6.29 Å². The molecule has 0 aliphatic carbocycles. The van der Waals surface area contributed by atoms with Gasteiger partial charge in [-0.1, -0.05) is 36.4 Å². The minimum absolute atomic E-state index is 0.194. The van der Waals surface area contributed by atoms with Gasteiger partial charge >= 0.3 is 0 Å². The fraction of sp³-hybridized carbons (Fsp3) is 0.118. The summed E-state index contributed by atoms with van der Waals surface area (Å²) in [6, 6.07) is 14.8. The van der Waals surface area contributed by atoms with Gasteiger partial charge in [0, 0.05) is 13.1 Å². The average Bonchev–Trinajstić information content (AvgIpc) is 2.52. The lowest BCUT2D eigenvalue weighted by atomic mass is 10.2. The topological polar surface area (TPSA) is 50.3 Å². The molecule has 0 aliphatic rings. The standard InChI is InChI=1S/C17H15N2O2/c1-14(21)19(12-16-9-5-6-10-18-16)17(13-20)11-15-7-3-2-4-8-15/h2-11H,12H2,1H3. The van der Waals surface area contributed by atoms with Gasteiger partial charge in [0.1, 0.15) is 0 Å². The number of carbonyl (C=O) groups is 1. The van der Waals surface area contributed by atoms with Gasteiger partial charge in [-0.15, -0.1) is 0 Å². The van der Waals surface area contributed by atoms with Gasteiger partial charge in [-0.05, 0) is 23.8 Å². The van der Waals surface area contributed by atoms with E-state index >= 15 is 0 Å². The van der Waals surface area contributed by atoms with Crippen molar-refractivity contribution in [2.75, 3.05) is 0 Å². The quantitative estimate of drug-likeness (QED) is 0.790. The highest BCUT2D eigenvalue weighted by molar-refractivity contribution is 5.89. The first-order valence-corrected chi connectivity index (χ1v) is 6.53. The number of aromatic nitrogens is 1. The van der Waals surface area contributed by atoms with E-state index in [2.05, 4.69) is 4.98 Å². The summed E-state index contributed by atoms with van der Waals surface area (Å²) < 4.78 is 0. The van der Waals surface area contributed by atoms with Crippen LogP contribution in [0.3, 0.4) is 0 Å². The minimum atomic E-state index is -0.230. The van der Waals surface area contributed by atoms with Gasteiger partial charge in [-0.3, -0.25) is 14.6 Å². The third-order valence-corrected chi connectivity index (χ3v) is 2.92. The van der Waals surface area contributed by atoms with Crippen molar-refractivity contribution >= 4 is 18.3 Å². The second kappa shape index (κ2) is 7.14. The predicted molar refractivity (Wildman–Crippen MR) is 80.6 cm³/mol. The van der Waals surface area contributed by atoms with Crippen molar-refractivity contribution in [1.82, 2.24) is 9.88 Å². The maximum atomic E-state index is 11.8. The van der Waals surface area contributed by atoms with E-state index in [0.717, 1.165) is 5.56 Å². The van der Waals surface area contributed by atoms with Crippen molar-refractivity contribution in [1.29, 1.82) is 0 Å². The Morgan fingerprint density at radius 1 is 1.19 bits per heavy atom. The fourth-order valence-corrected chi connectivity index (χ4v) is 1.89. The summed E-state index contributed by atoms with van der Waals surface area (Å²) in [6.07, 6.45) is 5.13. The predicted octanol–water partition coefficient (Wildman–Crippen LogP) is 2.58. The first-order valence-electron chi connectivity index (χ1n) is 6.53. The average molecular weight is 279 g/mol. The molecule has 0 unspecified atom stereocenters. The fourth-order valence-electron chi connectivity index (χ4n) is 1.89. The number of nitrogens with zero attached hydrogens (tertiary/aromatic N) is 2. The highest BCUT2D eigenvalue weighted by Gasteiger charge is 2.15. The lowest BCUT2D eigenvalue weighted by Gasteiger charge is -2.20. The summed E-state index contributed by atoms with van der Waals surface area (Å²) in [5, 5.41) is 0. The molecule has 1 aromatic carbocycles. The highest BCUT2D eigenvalue weighted by atomic mass is 16.2. The highest BCUT2D eigenvalue weighted by Crippen LogP contribution is 2.13. The molecule has 0 bridgehead atoms. The molecule has 4 heteroatoms. The van der Waals surface area contributed by atoms with E-state index in [1.807, 2.05) is 42.7 Å². The van der Waals surface area contributed by atoms with Crippen molar-refractivity contribution in [2.45, 2.75) is 13.5 Å².